The van der Waals surface area contributed by atoms with Crippen LogP contribution in [0.5, 0.6) is 0 Å². The molecule has 4 N–H and O–H groups in total. The first-order valence-corrected chi connectivity index (χ1v) is 6.75. The van der Waals surface area contributed by atoms with E-state index in [4.69, 9.17) is 11.5 Å². The van der Waals surface area contributed by atoms with Gasteiger partial charge in [0.1, 0.15) is 0 Å². The zero-order valence-electron chi connectivity index (χ0n) is 12.1. The SMILES string of the molecule is CC1(C)CN(Cc2ccc(C(N)=O)cc2)CCC1N.Cl. The van der Waals surface area contributed by atoms with Gasteiger partial charge in [0.05, 0.1) is 0 Å². The summed E-state index contributed by atoms with van der Waals surface area (Å²) >= 11 is 0. The van der Waals surface area contributed by atoms with Crippen molar-refractivity contribution in [2.24, 2.45) is 16.9 Å². The lowest BCUT2D eigenvalue weighted by molar-refractivity contribution is 0.0899. The maximum Gasteiger partial charge on any atom is 0.248 e. The largest absolute Gasteiger partial charge is 0.366 e. The van der Waals surface area contributed by atoms with Crippen LogP contribution < -0.4 is 11.5 Å². The zero-order valence-corrected chi connectivity index (χ0v) is 13.0. The number of amides is 1. The summed E-state index contributed by atoms with van der Waals surface area (Å²) in [7, 11) is 0. The monoisotopic (exact) mass is 297 g/mol. The maximum atomic E-state index is 11.0. The number of halogens is 1. The van der Waals surface area contributed by atoms with Crippen LogP contribution in [0.2, 0.25) is 0 Å². The maximum absolute atomic E-state index is 11.0. The Morgan fingerprint density at radius 2 is 1.95 bits per heavy atom. The summed E-state index contributed by atoms with van der Waals surface area (Å²) in [6.07, 6.45) is 1.03. The lowest BCUT2D eigenvalue weighted by atomic mass is 9.79. The molecule has 0 aromatic heterocycles. The lowest BCUT2D eigenvalue weighted by Gasteiger charge is -2.42. The average Bonchev–Trinajstić information content (AvgIpc) is 2.34. The van der Waals surface area contributed by atoms with Gasteiger partial charge in [0.15, 0.2) is 0 Å². The highest BCUT2D eigenvalue weighted by molar-refractivity contribution is 5.92. The summed E-state index contributed by atoms with van der Waals surface area (Å²) in [4.78, 5) is 13.4. The van der Waals surface area contributed by atoms with Gasteiger partial charge in [-0.1, -0.05) is 26.0 Å². The molecule has 0 saturated carbocycles. The van der Waals surface area contributed by atoms with E-state index < -0.39 is 0 Å². The van der Waals surface area contributed by atoms with Crippen LogP contribution in [-0.4, -0.2) is 29.9 Å². The second-order valence-electron chi connectivity index (χ2n) is 6.16. The molecule has 0 spiro atoms. The standard InChI is InChI=1S/C15H23N3O.ClH/c1-15(2)10-18(8-7-13(15)16)9-11-3-5-12(6-4-11)14(17)19;/h3-6,13H,7-10,16H2,1-2H3,(H2,17,19);1H. The summed E-state index contributed by atoms with van der Waals surface area (Å²) < 4.78 is 0. The predicted molar refractivity (Wildman–Crippen MR) is 83.9 cm³/mol. The second-order valence-corrected chi connectivity index (χ2v) is 6.16. The first-order chi connectivity index (χ1) is 8.88. The average molecular weight is 298 g/mol. The molecule has 1 heterocycles. The van der Waals surface area contributed by atoms with E-state index in [0.29, 0.717) is 5.56 Å². The van der Waals surface area contributed by atoms with Crippen LogP contribution in [0.4, 0.5) is 0 Å². The fourth-order valence-corrected chi connectivity index (χ4v) is 2.65. The molecule has 1 aromatic rings. The number of nitrogens with zero attached hydrogens (tertiary/aromatic N) is 1. The minimum atomic E-state index is -0.378. The normalized spacial score (nSPS) is 22.1. The molecule has 20 heavy (non-hydrogen) atoms. The molecular weight excluding hydrogens is 274 g/mol. The number of hydrogen-bond donors (Lipinski definition) is 2. The number of hydrogen-bond acceptors (Lipinski definition) is 3. The molecule has 1 aromatic carbocycles. The van der Waals surface area contributed by atoms with E-state index >= 15 is 0 Å². The van der Waals surface area contributed by atoms with Gasteiger partial charge in [0.2, 0.25) is 5.91 Å². The number of primary amides is 1. The highest BCUT2D eigenvalue weighted by Crippen LogP contribution is 2.28. The fraction of sp³-hybridized carbons (Fsp3) is 0.533. The molecule has 1 atom stereocenters. The van der Waals surface area contributed by atoms with Crippen molar-refractivity contribution in [3.63, 3.8) is 0 Å². The Labute approximate surface area is 126 Å². The Balaban J connectivity index is 0.00000200. The van der Waals surface area contributed by atoms with Crippen molar-refractivity contribution in [3.8, 4) is 0 Å². The van der Waals surface area contributed by atoms with E-state index in [1.54, 1.807) is 12.1 Å². The molecule has 1 saturated heterocycles. The van der Waals surface area contributed by atoms with Gasteiger partial charge in [-0.05, 0) is 29.5 Å². The number of nitrogens with two attached hydrogens (primary N) is 2. The zero-order chi connectivity index (χ0) is 14.0. The second kappa shape index (κ2) is 6.57. The molecular formula is C15H24ClN3O. The van der Waals surface area contributed by atoms with Crippen molar-refractivity contribution in [1.82, 2.24) is 4.90 Å². The first-order valence-electron chi connectivity index (χ1n) is 6.75. The summed E-state index contributed by atoms with van der Waals surface area (Å²) in [5.74, 6) is -0.378. The molecule has 112 valence electrons. The molecule has 5 heteroatoms. The van der Waals surface area contributed by atoms with Crippen molar-refractivity contribution in [2.75, 3.05) is 13.1 Å². The Hall–Kier alpha value is -1.10. The molecule has 1 aliphatic heterocycles. The van der Waals surface area contributed by atoms with Gasteiger partial charge in [-0.15, -0.1) is 12.4 Å². The van der Waals surface area contributed by atoms with Crippen LogP contribution in [0.25, 0.3) is 0 Å². The molecule has 1 amide bonds. The van der Waals surface area contributed by atoms with Crippen molar-refractivity contribution in [2.45, 2.75) is 32.9 Å². The van der Waals surface area contributed by atoms with Crippen molar-refractivity contribution >= 4 is 18.3 Å². The minimum Gasteiger partial charge on any atom is -0.366 e. The Morgan fingerprint density at radius 3 is 2.45 bits per heavy atom. The van der Waals surface area contributed by atoms with Crippen molar-refractivity contribution < 1.29 is 4.79 Å². The first kappa shape index (κ1) is 17.0. The van der Waals surface area contributed by atoms with Crippen LogP contribution in [0.3, 0.4) is 0 Å². The summed E-state index contributed by atoms with van der Waals surface area (Å²) in [5, 5.41) is 0. The number of carbonyl (C=O) groups is 1. The van der Waals surface area contributed by atoms with Crippen LogP contribution >= 0.6 is 12.4 Å². The molecule has 0 radical (unpaired) electrons. The van der Waals surface area contributed by atoms with Gasteiger partial charge in [-0.3, -0.25) is 9.69 Å². The quantitative estimate of drug-likeness (QED) is 0.893. The number of rotatable bonds is 3. The van der Waals surface area contributed by atoms with Gasteiger partial charge in [-0.25, -0.2) is 0 Å². The number of piperidine rings is 1. The third-order valence-electron chi connectivity index (χ3n) is 4.04. The van der Waals surface area contributed by atoms with E-state index in [2.05, 4.69) is 18.7 Å². The Kier molecular flexibility index (Phi) is 5.57. The lowest BCUT2D eigenvalue weighted by Crippen LogP contribution is -2.52. The topological polar surface area (TPSA) is 72.3 Å². The van der Waals surface area contributed by atoms with Crippen molar-refractivity contribution in [3.05, 3.63) is 35.4 Å². The van der Waals surface area contributed by atoms with E-state index in [-0.39, 0.29) is 29.8 Å². The van der Waals surface area contributed by atoms with Crippen LogP contribution in [0, 0.1) is 5.41 Å². The van der Waals surface area contributed by atoms with Gasteiger partial charge in [0.25, 0.3) is 0 Å². The molecule has 0 aliphatic carbocycles. The van der Waals surface area contributed by atoms with E-state index in [1.807, 2.05) is 12.1 Å². The third kappa shape index (κ3) is 3.95. The smallest absolute Gasteiger partial charge is 0.248 e. The number of carbonyl (C=O) groups excluding carboxylic acids is 1. The molecule has 2 rings (SSSR count). The fourth-order valence-electron chi connectivity index (χ4n) is 2.65. The molecule has 1 aliphatic rings. The van der Waals surface area contributed by atoms with E-state index in [1.165, 1.54) is 5.56 Å². The van der Waals surface area contributed by atoms with Gasteiger partial charge in [-0.2, -0.15) is 0 Å². The molecule has 0 bridgehead atoms. The van der Waals surface area contributed by atoms with Gasteiger partial charge in [0, 0.05) is 31.2 Å². The Bertz CT molecular complexity index is 459. The molecule has 1 fully saturated rings. The highest BCUT2D eigenvalue weighted by atomic mass is 35.5. The highest BCUT2D eigenvalue weighted by Gasteiger charge is 2.33. The van der Waals surface area contributed by atoms with Crippen LogP contribution in [0.15, 0.2) is 24.3 Å². The van der Waals surface area contributed by atoms with Gasteiger partial charge >= 0.3 is 0 Å². The summed E-state index contributed by atoms with van der Waals surface area (Å²) in [6.45, 7) is 7.38. The number of benzene rings is 1. The van der Waals surface area contributed by atoms with E-state index in [0.717, 1.165) is 26.1 Å². The van der Waals surface area contributed by atoms with Crippen LogP contribution in [-0.2, 0) is 6.54 Å². The van der Waals surface area contributed by atoms with Crippen molar-refractivity contribution in [1.29, 1.82) is 0 Å². The molecule has 1 unspecified atom stereocenters. The third-order valence-corrected chi connectivity index (χ3v) is 4.04. The Morgan fingerprint density at radius 1 is 1.35 bits per heavy atom. The molecule has 4 nitrogen and oxygen atoms in total. The minimum absolute atomic E-state index is 0. The van der Waals surface area contributed by atoms with E-state index in [9.17, 15) is 4.79 Å². The van der Waals surface area contributed by atoms with Crippen LogP contribution in [0.1, 0.15) is 36.2 Å². The number of likely N-dealkylation sites (tertiary alicyclic amines) is 1. The predicted octanol–water partition coefficient (Wildman–Crippen LogP) is 1.77. The van der Waals surface area contributed by atoms with Gasteiger partial charge < -0.3 is 11.5 Å². The summed E-state index contributed by atoms with van der Waals surface area (Å²) in [6, 6.07) is 7.81. The summed E-state index contributed by atoms with van der Waals surface area (Å²) in [5.41, 5.74) is 13.3.